The van der Waals surface area contributed by atoms with E-state index in [1.54, 1.807) is 18.2 Å². The molecule has 0 bridgehead atoms. The average Bonchev–Trinajstić information content (AvgIpc) is 3.00. The number of ether oxygens (including phenoxy) is 1. The van der Waals surface area contributed by atoms with Gasteiger partial charge in [0.25, 0.3) is 16.8 Å². The number of benzene rings is 2. The van der Waals surface area contributed by atoms with Crippen LogP contribution >= 0.6 is 56.9 Å². The van der Waals surface area contributed by atoms with Gasteiger partial charge < -0.3 is 4.74 Å². The van der Waals surface area contributed by atoms with E-state index in [4.69, 9.17) is 11.2 Å². The predicted octanol–water partition coefficient (Wildman–Crippen LogP) is 4.74. The number of non-ortho nitro benzene ring substituents is 1. The molecule has 1 fully saturated rings. The summed E-state index contributed by atoms with van der Waals surface area (Å²) in [5, 5.41) is 10.2. The third kappa shape index (κ3) is 5.48. The van der Waals surface area contributed by atoms with E-state index >= 15 is 0 Å². The average molecular weight is 674 g/mol. The molecule has 0 unspecified atom stereocenters. The van der Waals surface area contributed by atoms with Gasteiger partial charge in [-0.15, -0.1) is 6.42 Å². The number of halogens is 2. The lowest BCUT2D eigenvalue weighted by atomic mass is 10.1. The Morgan fingerprint density at radius 3 is 2.41 bits per heavy atom. The maximum atomic E-state index is 12.7. The largest absolute Gasteiger partial charge is 0.479 e. The van der Waals surface area contributed by atoms with Gasteiger partial charge in [0.15, 0.2) is 5.78 Å². The summed E-state index contributed by atoms with van der Waals surface area (Å²) < 4.78 is 7.11. The lowest BCUT2D eigenvalue weighted by Crippen LogP contribution is -2.33. The number of carbonyl (C=O) groups is 3. The summed E-state index contributed by atoms with van der Waals surface area (Å²) in [6.45, 7) is -0.319. The van der Waals surface area contributed by atoms with Crippen molar-refractivity contribution in [3.63, 3.8) is 0 Å². The highest BCUT2D eigenvalue weighted by Crippen LogP contribution is 2.35. The van der Waals surface area contributed by atoms with Crippen LogP contribution in [0.5, 0.6) is 5.75 Å². The van der Waals surface area contributed by atoms with E-state index in [0.29, 0.717) is 11.3 Å². The van der Waals surface area contributed by atoms with Gasteiger partial charge in [0, 0.05) is 17.7 Å². The number of Topliss-reactive ketones (excluding diaryl/α,β-unsaturated/α-hetero) is 1. The van der Waals surface area contributed by atoms with Crippen LogP contribution in [0.15, 0.2) is 41.3 Å². The number of nitrogens with zero attached hydrogens (tertiary/aromatic N) is 2. The van der Waals surface area contributed by atoms with Crippen LogP contribution in [0.2, 0.25) is 0 Å². The standard InChI is InChI=1S/C21H12I2N2O6S/c1-2-7-31-19-15(22)8-12(9-16(19)23)10-18-20(27)24(21(28)32-18)11-17(26)13-3-5-14(6-4-13)25(29)30/h1,3-6,8-10H,7,11H2/b18-10-. The predicted molar refractivity (Wildman–Crippen MR) is 136 cm³/mol. The first-order valence-electron chi connectivity index (χ1n) is 8.79. The van der Waals surface area contributed by atoms with E-state index in [-0.39, 0.29) is 22.8 Å². The van der Waals surface area contributed by atoms with Crippen molar-refractivity contribution >= 4 is 85.6 Å². The fraction of sp³-hybridized carbons (Fsp3) is 0.0952. The van der Waals surface area contributed by atoms with Gasteiger partial charge in [-0.25, -0.2) is 0 Å². The molecule has 8 nitrogen and oxygen atoms in total. The first-order chi connectivity index (χ1) is 15.2. The first kappa shape index (κ1) is 24.2. The van der Waals surface area contributed by atoms with E-state index < -0.39 is 28.4 Å². The number of carbonyl (C=O) groups excluding carboxylic acids is 3. The Hall–Kier alpha value is -2.44. The van der Waals surface area contributed by atoms with Crippen molar-refractivity contribution < 1.29 is 24.0 Å². The highest BCUT2D eigenvalue weighted by atomic mass is 127. The fourth-order valence-corrected chi connectivity index (χ4v) is 5.67. The van der Waals surface area contributed by atoms with E-state index in [9.17, 15) is 24.5 Å². The zero-order valence-corrected chi connectivity index (χ0v) is 21.2. The van der Waals surface area contributed by atoms with Crippen molar-refractivity contribution in [3.8, 4) is 18.1 Å². The van der Waals surface area contributed by atoms with Crippen molar-refractivity contribution in [1.82, 2.24) is 4.90 Å². The summed E-state index contributed by atoms with van der Waals surface area (Å²) >= 11 is 4.94. The number of hydrogen-bond acceptors (Lipinski definition) is 7. The second-order valence-electron chi connectivity index (χ2n) is 6.30. The number of nitro groups is 1. The fourth-order valence-electron chi connectivity index (χ4n) is 2.71. The number of hydrogen-bond donors (Lipinski definition) is 0. The number of amides is 2. The van der Waals surface area contributed by atoms with Gasteiger partial charge in [0.05, 0.1) is 23.5 Å². The minimum absolute atomic E-state index is 0.132. The summed E-state index contributed by atoms with van der Waals surface area (Å²) in [7, 11) is 0. The zero-order valence-electron chi connectivity index (χ0n) is 16.0. The van der Waals surface area contributed by atoms with Gasteiger partial charge in [0.1, 0.15) is 12.4 Å². The molecule has 2 aromatic carbocycles. The van der Waals surface area contributed by atoms with E-state index in [0.717, 1.165) is 23.8 Å². The van der Waals surface area contributed by atoms with Crippen LogP contribution in [0.1, 0.15) is 15.9 Å². The highest BCUT2D eigenvalue weighted by Gasteiger charge is 2.36. The monoisotopic (exact) mass is 674 g/mol. The molecule has 0 saturated carbocycles. The number of imide groups is 1. The normalized spacial score (nSPS) is 14.5. The Bertz CT molecular complexity index is 1180. The minimum atomic E-state index is -0.578. The second kappa shape index (κ2) is 10.5. The summed E-state index contributed by atoms with van der Waals surface area (Å²) in [4.78, 5) is 48.8. The molecule has 0 atom stereocenters. The van der Waals surface area contributed by atoms with Gasteiger partial charge in [-0.1, -0.05) is 5.92 Å². The van der Waals surface area contributed by atoms with E-state index in [2.05, 4.69) is 51.1 Å². The molecule has 1 aliphatic heterocycles. The molecular formula is C21H12I2N2O6S. The van der Waals surface area contributed by atoms with Crippen molar-refractivity contribution in [3.05, 3.63) is 69.7 Å². The lowest BCUT2D eigenvalue weighted by Gasteiger charge is -2.11. The van der Waals surface area contributed by atoms with Crippen molar-refractivity contribution in [1.29, 1.82) is 0 Å². The Kier molecular flexibility index (Phi) is 7.91. The maximum absolute atomic E-state index is 12.7. The number of ketones is 1. The molecule has 1 aliphatic rings. The molecule has 0 radical (unpaired) electrons. The van der Waals surface area contributed by atoms with Gasteiger partial charge in [-0.05, 0) is 92.8 Å². The van der Waals surface area contributed by atoms with Crippen LogP contribution < -0.4 is 4.74 Å². The Morgan fingerprint density at radius 2 is 1.84 bits per heavy atom. The third-order valence-corrected chi connectivity index (χ3v) is 6.70. The number of rotatable bonds is 7. The number of terminal acetylenes is 1. The highest BCUT2D eigenvalue weighted by molar-refractivity contribution is 14.1. The number of nitro benzene ring substituents is 1. The van der Waals surface area contributed by atoms with Crippen molar-refractivity contribution in [2.24, 2.45) is 0 Å². The number of thioether (sulfide) groups is 1. The molecule has 0 aromatic heterocycles. The molecular weight excluding hydrogens is 662 g/mol. The molecule has 2 amide bonds. The minimum Gasteiger partial charge on any atom is -0.479 e. The van der Waals surface area contributed by atoms with Crippen LogP contribution in [-0.4, -0.2) is 39.9 Å². The molecule has 0 spiro atoms. The smallest absolute Gasteiger partial charge is 0.293 e. The second-order valence-corrected chi connectivity index (χ2v) is 9.62. The van der Waals surface area contributed by atoms with Crippen molar-refractivity contribution in [2.75, 3.05) is 13.2 Å². The van der Waals surface area contributed by atoms with Gasteiger partial charge in [-0.2, -0.15) is 0 Å². The van der Waals surface area contributed by atoms with Crippen LogP contribution in [-0.2, 0) is 4.79 Å². The first-order valence-corrected chi connectivity index (χ1v) is 11.8. The molecule has 3 rings (SSSR count). The lowest BCUT2D eigenvalue weighted by molar-refractivity contribution is -0.384. The van der Waals surface area contributed by atoms with Crippen molar-refractivity contribution in [2.45, 2.75) is 0 Å². The molecule has 1 heterocycles. The van der Waals surface area contributed by atoms with Crippen LogP contribution in [0.3, 0.4) is 0 Å². The third-order valence-electron chi connectivity index (χ3n) is 4.19. The molecule has 11 heteroatoms. The molecule has 2 aromatic rings. The summed E-state index contributed by atoms with van der Waals surface area (Å²) in [6.07, 6.45) is 6.81. The molecule has 32 heavy (non-hydrogen) atoms. The Balaban J connectivity index is 1.77. The van der Waals surface area contributed by atoms with Crippen LogP contribution in [0.4, 0.5) is 10.5 Å². The van der Waals surface area contributed by atoms with Gasteiger partial charge in [0.2, 0.25) is 0 Å². The molecule has 162 valence electrons. The van der Waals surface area contributed by atoms with Gasteiger partial charge in [-0.3, -0.25) is 29.4 Å². The Labute approximate surface area is 214 Å². The van der Waals surface area contributed by atoms with Crippen LogP contribution in [0.25, 0.3) is 6.08 Å². The summed E-state index contributed by atoms with van der Waals surface area (Å²) in [5.74, 6) is 1.97. The quantitative estimate of drug-likeness (QED) is 0.104. The summed E-state index contributed by atoms with van der Waals surface area (Å²) in [6, 6.07) is 8.57. The molecule has 0 aliphatic carbocycles. The van der Waals surface area contributed by atoms with E-state index in [1.807, 2.05) is 0 Å². The summed E-state index contributed by atoms with van der Waals surface area (Å²) in [5.41, 5.74) is 0.708. The Morgan fingerprint density at radius 1 is 1.22 bits per heavy atom. The zero-order chi connectivity index (χ0) is 23.4. The molecule has 1 saturated heterocycles. The molecule has 0 N–H and O–H groups in total. The maximum Gasteiger partial charge on any atom is 0.293 e. The SMILES string of the molecule is C#CCOc1c(I)cc(/C=C2\SC(=O)N(CC(=O)c3ccc([N+](=O)[O-])cc3)C2=O)cc1I. The topological polar surface area (TPSA) is 107 Å². The van der Waals surface area contributed by atoms with Crippen LogP contribution in [0, 0.1) is 29.6 Å². The van der Waals surface area contributed by atoms with Gasteiger partial charge >= 0.3 is 0 Å². The van der Waals surface area contributed by atoms with E-state index in [1.165, 1.54) is 24.3 Å².